The molecule has 0 N–H and O–H groups in total. The second-order valence-corrected chi connectivity index (χ2v) is 8.28. The molecule has 27 heavy (non-hydrogen) atoms. The predicted molar refractivity (Wildman–Crippen MR) is 103 cm³/mol. The number of hydrogen-bond donors (Lipinski definition) is 0. The van der Waals surface area contributed by atoms with Gasteiger partial charge in [0.2, 0.25) is 11.8 Å². The minimum absolute atomic E-state index is 0.000253. The van der Waals surface area contributed by atoms with Crippen molar-refractivity contribution in [3.05, 3.63) is 47.6 Å². The Morgan fingerprint density at radius 3 is 2.59 bits per heavy atom. The van der Waals surface area contributed by atoms with Crippen LogP contribution in [-0.4, -0.2) is 34.0 Å². The van der Waals surface area contributed by atoms with Gasteiger partial charge >= 0.3 is 0 Å². The zero-order valence-corrected chi connectivity index (χ0v) is 16.2. The molecular weight excluding hydrogens is 338 g/mol. The van der Waals surface area contributed by atoms with Gasteiger partial charge in [-0.15, -0.1) is 0 Å². The number of rotatable bonds is 7. The van der Waals surface area contributed by atoms with Gasteiger partial charge in [0, 0.05) is 31.8 Å². The van der Waals surface area contributed by atoms with Gasteiger partial charge in [0.15, 0.2) is 5.82 Å². The van der Waals surface area contributed by atoms with Crippen LogP contribution in [0.3, 0.4) is 0 Å². The second kappa shape index (κ2) is 7.83. The molecule has 5 heteroatoms. The maximum absolute atomic E-state index is 12.7. The highest BCUT2D eigenvalue weighted by atomic mass is 16.5. The first-order valence-electron chi connectivity index (χ1n) is 10.3. The summed E-state index contributed by atoms with van der Waals surface area (Å²) >= 11 is 0. The number of piperidine rings is 1. The van der Waals surface area contributed by atoms with E-state index in [1.165, 1.54) is 18.4 Å². The topological polar surface area (TPSA) is 59.2 Å². The van der Waals surface area contributed by atoms with E-state index < -0.39 is 0 Å². The lowest BCUT2D eigenvalue weighted by Crippen LogP contribution is -2.46. The highest BCUT2D eigenvalue weighted by Crippen LogP contribution is 2.46. The third kappa shape index (κ3) is 4.40. The molecule has 4 rings (SSSR count). The quantitative estimate of drug-likeness (QED) is 0.740. The summed E-state index contributed by atoms with van der Waals surface area (Å²) in [6.45, 7) is 3.47. The van der Waals surface area contributed by atoms with Gasteiger partial charge in [-0.25, -0.2) is 0 Å². The van der Waals surface area contributed by atoms with E-state index in [9.17, 15) is 4.79 Å². The normalized spacial score (nSPS) is 19.2. The van der Waals surface area contributed by atoms with E-state index in [1.54, 1.807) is 0 Å². The average molecular weight is 367 g/mol. The van der Waals surface area contributed by atoms with Gasteiger partial charge in [0.25, 0.3) is 0 Å². The first-order chi connectivity index (χ1) is 13.1. The van der Waals surface area contributed by atoms with Gasteiger partial charge in [0.1, 0.15) is 0 Å². The molecule has 1 saturated carbocycles. The summed E-state index contributed by atoms with van der Waals surface area (Å²) < 4.78 is 5.27. The molecule has 2 aromatic rings. The number of hydrogen-bond acceptors (Lipinski definition) is 4. The summed E-state index contributed by atoms with van der Waals surface area (Å²) in [7, 11) is 0. The first kappa shape index (κ1) is 18.2. The number of nitrogens with zero attached hydrogens (tertiary/aromatic N) is 3. The van der Waals surface area contributed by atoms with Crippen molar-refractivity contribution >= 4 is 5.91 Å². The summed E-state index contributed by atoms with van der Waals surface area (Å²) in [4.78, 5) is 19.3. The van der Waals surface area contributed by atoms with Crippen LogP contribution in [-0.2, 0) is 16.6 Å². The Bertz CT molecular complexity index is 759. The highest BCUT2D eigenvalue weighted by Gasteiger charge is 2.44. The Balaban J connectivity index is 1.31. The van der Waals surface area contributed by atoms with Crippen molar-refractivity contribution in [1.29, 1.82) is 0 Å². The molecule has 144 valence electrons. The van der Waals surface area contributed by atoms with Crippen LogP contribution in [0, 0.1) is 12.8 Å². The number of carbonyl (C=O) groups excluding carboxylic acids is 1. The lowest BCUT2D eigenvalue weighted by Gasteiger charge is -2.40. The lowest BCUT2D eigenvalue weighted by atomic mass is 9.73. The van der Waals surface area contributed by atoms with Crippen LogP contribution in [0.15, 0.2) is 34.9 Å². The number of aromatic nitrogens is 2. The van der Waals surface area contributed by atoms with Crippen molar-refractivity contribution < 1.29 is 9.32 Å². The Morgan fingerprint density at radius 2 is 1.96 bits per heavy atom. The number of likely N-dealkylation sites (tertiary alicyclic amines) is 1. The smallest absolute Gasteiger partial charge is 0.223 e. The molecule has 2 fully saturated rings. The molecule has 0 radical (unpaired) electrons. The molecular formula is C22H29N3O2. The Morgan fingerprint density at radius 1 is 1.22 bits per heavy atom. The Kier molecular flexibility index (Phi) is 5.28. The molecule has 2 aliphatic rings. The fourth-order valence-electron chi connectivity index (χ4n) is 4.34. The fourth-order valence-corrected chi connectivity index (χ4v) is 4.34. The summed E-state index contributed by atoms with van der Waals surface area (Å²) in [5, 5.41) is 4.26. The summed E-state index contributed by atoms with van der Waals surface area (Å²) in [5.41, 5.74) is 1.31. The zero-order chi connectivity index (χ0) is 18.7. The summed E-state index contributed by atoms with van der Waals surface area (Å²) in [6, 6.07) is 10.4. The van der Waals surface area contributed by atoms with Gasteiger partial charge in [-0.3, -0.25) is 4.79 Å². The molecule has 0 atom stereocenters. The fraction of sp³-hybridized carbons (Fsp3) is 0.591. The predicted octanol–water partition coefficient (Wildman–Crippen LogP) is 4.06. The number of carbonyl (C=O) groups is 1. The standard InChI is InChI=1S/C22H29N3O2/c1-17-23-21(24-27-17)22(16-19-10-11-19)12-14-25(15-13-22)20(26)9-5-8-18-6-3-2-4-7-18/h2-4,6-7,19H,5,8-16H2,1H3. The lowest BCUT2D eigenvalue weighted by molar-refractivity contribution is -0.133. The Hall–Kier alpha value is -2.17. The minimum Gasteiger partial charge on any atom is -0.343 e. The van der Waals surface area contributed by atoms with Crippen molar-refractivity contribution in [2.75, 3.05) is 13.1 Å². The molecule has 1 aromatic carbocycles. The van der Waals surface area contributed by atoms with Crippen molar-refractivity contribution in [3.8, 4) is 0 Å². The van der Waals surface area contributed by atoms with Crippen LogP contribution in [0.1, 0.15) is 62.2 Å². The SMILES string of the molecule is Cc1nc(C2(CC3CC3)CCN(C(=O)CCCc3ccccc3)CC2)no1. The molecule has 0 spiro atoms. The van der Waals surface area contributed by atoms with Crippen molar-refractivity contribution in [2.24, 2.45) is 5.92 Å². The molecule has 0 unspecified atom stereocenters. The Labute approximate surface area is 161 Å². The molecule has 1 saturated heterocycles. The second-order valence-electron chi connectivity index (χ2n) is 8.28. The van der Waals surface area contributed by atoms with E-state index in [0.29, 0.717) is 12.3 Å². The van der Waals surface area contributed by atoms with Crippen molar-refractivity contribution in [1.82, 2.24) is 15.0 Å². The molecule has 2 heterocycles. The minimum atomic E-state index is -0.000253. The molecule has 1 aliphatic heterocycles. The average Bonchev–Trinajstić information content (AvgIpc) is 3.39. The maximum atomic E-state index is 12.7. The van der Waals surface area contributed by atoms with Gasteiger partial charge < -0.3 is 9.42 Å². The monoisotopic (exact) mass is 367 g/mol. The molecule has 5 nitrogen and oxygen atoms in total. The van der Waals surface area contributed by atoms with Crippen LogP contribution >= 0.6 is 0 Å². The molecule has 1 aliphatic carbocycles. The molecule has 1 aromatic heterocycles. The molecule has 0 bridgehead atoms. The highest BCUT2D eigenvalue weighted by molar-refractivity contribution is 5.76. The van der Waals surface area contributed by atoms with Gasteiger partial charge in [-0.05, 0) is 43.6 Å². The van der Waals surface area contributed by atoms with E-state index in [0.717, 1.165) is 56.9 Å². The van der Waals surface area contributed by atoms with E-state index in [2.05, 4.69) is 34.4 Å². The van der Waals surface area contributed by atoms with Crippen molar-refractivity contribution in [2.45, 2.75) is 63.7 Å². The van der Waals surface area contributed by atoms with Gasteiger partial charge in [-0.2, -0.15) is 4.98 Å². The van der Waals surface area contributed by atoms with E-state index in [1.807, 2.05) is 17.9 Å². The van der Waals surface area contributed by atoms with Crippen LogP contribution in [0.2, 0.25) is 0 Å². The van der Waals surface area contributed by atoms with Crippen LogP contribution in [0.4, 0.5) is 0 Å². The largest absolute Gasteiger partial charge is 0.343 e. The van der Waals surface area contributed by atoms with E-state index in [4.69, 9.17) is 4.52 Å². The molecule has 1 amide bonds. The zero-order valence-electron chi connectivity index (χ0n) is 16.2. The van der Waals surface area contributed by atoms with E-state index in [-0.39, 0.29) is 11.3 Å². The maximum Gasteiger partial charge on any atom is 0.223 e. The third-order valence-electron chi connectivity index (χ3n) is 6.15. The van der Waals surface area contributed by atoms with Crippen LogP contribution in [0.5, 0.6) is 0 Å². The summed E-state index contributed by atoms with van der Waals surface area (Å²) in [5.74, 6) is 2.59. The number of benzene rings is 1. The third-order valence-corrected chi connectivity index (χ3v) is 6.15. The number of aryl methyl sites for hydroxylation is 2. The van der Waals surface area contributed by atoms with Gasteiger partial charge in [-0.1, -0.05) is 48.3 Å². The number of amides is 1. The van der Waals surface area contributed by atoms with Gasteiger partial charge in [0.05, 0.1) is 0 Å². The van der Waals surface area contributed by atoms with E-state index >= 15 is 0 Å². The van der Waals surface area contributed by atoms with Crippen molar-refractivity contribution in [3.63, 3.8) is 0 Å². The van der Waals surface area contributed by atoms with Crippen LogP contribution in [0.25, 0.3) is 0 Å². The summed E-state index contributed by atoms with van der Waals surface area (Å²) in [6.07, 6.45) is 8.19. The first-order valence-corrected chi connectivity index (χ1v) is 10.3. The van der Waals surface area contributed by atoms with Crippen LogP contribution < -0.4 is 0 Å².